The SMILES string of the molecule is CCN(CC(C)C)c1ccc(CCN)c(C)c1. The molecule has 2 N–H and O–H groups in total. The molecule has 0 aromatic heterocycles. The van der Waals surface area contributed by atoms with Gasteiger partial charge in [0.1, 0.15) is 0 Å². The zero-order chi connectivity index (χ0) is 12.8. The van der Waals surface area contributed by atoms with E-state index in [-0.39, 0.29) is 0 Å². The highest BCUT2D eigenvalue weighted by atomic mass is 15.1. The molecule has 1 aromatic carbocycles. The van der Waals surface area contributed by atoms with Gasteiger partial charge in [0.25, 0.3) is 0 Å². The van der Waals surface area contributed by atoms with E-state index in [4.69, 9.17) is 5.73 Å². The molecule has 0 aliphatic carbocycles. The lowest BCUT2D eigenvalue weighted by Gasteiger charge is -2.26. The molecular weight excluding hydrogens is 208 g/mol. The minimum absolute atomic E-state index is 0.693. The van der Waals surface area contributed by atoms with Gasteiger partial charge in [0.05, 0.1) is 0 Å². The highest BCUT2D eigenvalue weighted by molar-refractivity contribution is 5.50. The number of nitrogens with two attached hydrogens (primary N) is 1. The van der Waals surface area contributed by atoms with Gasteiger partial charge in [0, 0.05) is 18.8 Å². The standard InChI is InChI=1S/C15H26N2/c1-5-17(11-12(2)3)15-7-6-14(8-9-16)13(4)10-15/h6-7,10,12H,5,8-9,11,16H2,1-4H3. The maximum absolute atomic E-state index is 5.61. The summed E-state index contributed by atoms with van der Waals surface area (Å²) in [5.74, 6) is 0.693. The third-order valence-electron chi connectivity index (χ3n) is 3.07. The van der Waals surface area contributed by atoms with Gasteiger partial charge in [-0.2, -0.15) is 0 Å². The van der Waals surface area contributed by atoms with Gasteiger partial charge in [-0.3, -0.25) is 0 Å². The van der Waals surface area contributed by atoms with Gasteiger partial charge < -0.3 is 10.6 Å². The van der Waals surface area contributed by atoms with Crippen molar-refractivity contribution < 1.29 is 0 Å². The van der Waals surface area contributed by atoms with E-state index in [0.29, 0.717) is 5.92 Å². The zero-order valence-corrected chi connectivity index (χ0v) is 11.7. The predicted molar refractivity (Wildman–Crippen MR) is 76.7 cm³/mol. The molecule has 0 spiro atoms. The largest absolute Gasteiger partial charge is 0.372 e. The van der Waals surface area contributed by atoms with Crippen LogP contribution in [0.1, 0.15) is 31.9 Å². The number of hydrogen-bond acceptors (Lipinski definition) is 2. The van der Waals surface area contributed by atoms with Crippen LogP contribution < -0.4 is 10.6 Å². The molecule has 0 bridgehead atoms. The summed E-state index contributed by atoms with van der Waals surface area (Å²) in [6.45, 7) is 11.8. The lowest BCUT2D eigenvalue weighted by atomic mass is 10.0. The smallest absolute Gasteiger partial charge is 0.0369 e. The molecule has 0 atom stereocenters. The Hall–Kier alpha value is -1.02. The summed E-state index contributed by atoms with van der Waals surface area (Å²) >= 11 is 0. The average molecular weight is 234 g/mol. The second-order valence-electron chi connectivity index (χ2n) is 5.08. The van der Waals surface area contributed by atoms with E-state index in [1.807, 2.05) is 0 Å². The Morgan fingerprint density at radius 3 is 2.47 bits per heavy atom. The first-order valence-electron chi connectivity index (χ1n) is 6.63. The number of anilines is 1. The second kappa shape index (κ2) is 6.65. The van der Waals surface area contributed by atoms with Crippen molar-refractivity contribution in [3.63, 3.8) is 0 Å². The fourth-order valence-electron chi connectivity index (χ4n) is 2.17. The van der Waals surface area contributed by atoms with E-state index in [1.54, 1.807) is 0 Å². The molecule has 0 fully saturated rings. The maximum atomic E-state index is 5.61. The van der Waals surface area contributed by atoms with Gasteiger partial charge >= 0.3 is 0 Å². The van der Waals surface area contributed by atoms with Gasteiger partial charge in [-0.25, -0.2) is 0 Å². The lowest BCUT2D eigenvalue weighted by molar-refractivity contribution is 0.618. The Kier molecular flexibility index (Phi) is 5.49. The Balaban J connectivity index is 2.86. The van der Waals surface area contributed by atoms with E-state index in [1.165, 1.54) is 16.8 Å². The molecule has 17 heavy (non-hydrogen) atoms. The summed E-state index contributed by atoms with van der Waals surface area (Å²) < 4.78 is 0. The van der Waals surface area contributed by atoms with Crippen molar-refractivity contribution in [3.8, 4) is 0 Å². The molecule has 2 nitrogen and oxygen atoms in total. The quantitative estimate of drug-likeness (QED) is 0.820. The molecule has 0 aliphatic rings. The molecule has 0 saturated carbocycles. The second-order valence-corrected chi connectivity index (χ2v) is 5.08. The monoisotopic (exact) mass is 234 g/mol. The van der Waals surface area contributed by atoms with Crippen LogP contribution >= 0.6 is 0 Å². The molecule has 2 heteroatoms. The summed E-state index contributed by atoms with van der Waals surface area (Å²) in [4.78, 5) is 2.43. The molecule has 0 saturated heterocycles. The molecule has 0 heterocycles. The topological polar surface area (TPSA) is 29.3 Å². The van der Waals surface area contributed by atoms with Crippen molar-refractivity contribution in [2.45, 2.75) is 34.1 Å². The van der Waals surface area contributed by atoms with Crippen LogP contribution in [0.25, 0.3) is 0 Å². The van der Waals surface area contributed by atoms with Gasteiger partial charge in [-0.15, -0.1) is 0 Å². The van der Waals surface area contributed by atoms with E-state index in [9.17, 15) is 0 Å². The lowest BCUT2D eigenvalue weighted by Crippen LogP contribution is -2.27. The van der Waals surface area contributed by atoms with Crippen molar-refractivity contribution in [1.29, 1.82) is 0 Å². The van der Waals surface area contributed by atoms with Crippen molar-refractivity contribution in [2.24, 2.45) is 11.7 Å². The predicted octanol–water partition coefficient (Wildman–Crippen LogP) is 2.98. The first kappa shape index (κ1) is 14.0. The van der Waals surface area contributed by atoms with Crippen LogP contribution in [-0.4, -0.2) is 19.6 Å². The number of nitrogens with zero attached hydrogens (tertiary/aromatic N) is 1. The number of rotatable bonds is 6. The van der Waals surface area contributed by atoms with Crippen LogP contribution in [0.5, 0.6) is 0 Å². The molecule has 0 radical (unpaired) electrons. The Morgan fingerprint density at radius 1 is 1.29 bits per heavy atom. The summed E-state index contributed by atoms with van der Waals surface area (Å²) in [7, 11) is 0. The van der Waals surface area contributed by atoms with Gasteiger partial charge in [-0.1, -0.05) is 19.9 Å². The van der Waals surface area contributed by atoms with Crippen molar-refractivity contribution in [3.05, 3.63) is 29.3 Å². The zero-order valence-electron chi connectivity index (χ0n) is 11.7. The molecule has 0 amide bonds. The van der Waals surface area contributed by atoms with Crippen molar-refractivity contribution in [1.82, 2.24) is 0 Å². The fourth-order valence-corrected chi connectivity index (χ4v) is 2.17. The number of hydrogen-bond donors (Lipinski definition) is 1. The summed E-state index contributed by atoms with van der Waals surface area (Å²) in [6.07, 6.45) is 0.975. The third kappa shape index (κ3) is 4.04. The summed E-state index contributed by atoms with van der Waals surface area (Å²) in [6, 6.07) is 6.74. The normalized spacial score (nSPS) is 10.9. The summed E-state index contributed by atoms with van der Waals surface area (Å²) in [5.41, 5.74) is 9.67. The van der Waals surface area contributed by atoms with Crippen LogP contribution in [0.15, 0.2) is 18.2 Å². The third-order valence-corrected chi connectivity index (χ3v) is 3.07. The Labute approximate surface area is 106 Å². The molecule has 0 unspecified atom stereocenters. The summed E-state index contributed by atoms with van der Waals surface area (Å²) in [5, 5.41) is 0. The van der Waals surface area contributed by atoms with Crippen molar-refractivity contribution >= 4 is 5.69 Å². The van der Waals surface area contributed by atoms with Crippen LogP contribution in [0.3, 0.4) is 0 Å². The van der Waals surface area contributed by atoms with Gasteiger partial charge in [-0.05, 0) is 56.0 Å². The van der Waals surface area contributed by atoms with Crippen molar-refractivity contribution in [2.75, 3.05) is 24.5 Å². The minimum atomic E-state index is 0.693. The molecule has 1 rings (SSSR count). The maximum Gasteiger partial charge on any atom is 0.0369 e. The minimum Gasteiger partial charge on any atom is -0.372 e. The first-order chi connectivity index (χ1) is 8.08. The van der Waals surface area contributed by atoms with E-state index < -0.39 is 0 Å². The average Bonchev–Trinajstić information content (AvgIpc) is 2.28. The molecule has 1 aromatic rings. The fraction of sp³-hybridized carbons (Fsp3) is 0.600. The van der Waals surface area contributed by atoms with E-state index in [2.05, 4.69) is 50.8 Å². The van der Waals surface area contributed by atoms with Crippen LogP contribution in [0, 0.1) is 12.8 Å². The Morgan fingerprint density at radius 2 is 2.00 bits per heavy atom. The highest BCUT2D eigenvalue weighted by Crippen LogP contribution is 2.20. The van der Waals surface area contributed by atoms with E-state index in [0.717, 1.165) is 26.1 Å². The van der Waals surface area contributed by atoms with Gasteiger partial charge in [0.2, 0.25) is 0 Å². The number of benzene rings is 1. The highest BCUT2D eigenvalue weighted by Gasteiger charge is 2.07. The molecule has 96 valence electrons. The van der Waals surface area contributed by atoms with Gasteiger partial charge in [0.15, 0.2) is 0 Å². The van der Waals surface area contributed by atoms with Crippen LogP contribution in [0.4, 0.5) is 5.69 Å². The first-order valence-corrected chi connectivity index (χ1v) is 6.63. The van der Waals surface area contributed by atoms with Crippen LogP contribution in [0.2, 0.25) is 0 Å². The molecular formula is C15H26N2. The Bertz CT molecular complexity index is 345. The van der Waals surface area contributed by atoms with E-state index >= 15 is 0 Å². The number of aryl methyl sites for hydroxylation is 1. The van der Waals surface area contributed by atoms with Crippen LogP contribution in [-0.2, 0) is 6.42 Å². The molecule has 0 aliphatic heterocycles.